The zero-order valence-electron chi connectivity index (χ0n) is 9.68. The molecule has 1 fully saturated rings. The lowest BCUT2D eigenvalue weighted by Gasteiger charge is -2.33. The van der Waals surface area contributed by atoms with E-state index in [1.807, 2.05) is 19.2 Å². The molecule has 0 amide bonds. The topological polar surface area (TPSA) is 12.0 Å². The Hall–Kier alpha value is -0.190. The van der Waals surface area contributed by atoms with Gasteiger partial charge in [0.1, 0.15) is 0 Å². The van der Waals surface area contributed by atoms with Crippen molar-refractivity contribution in [3.05, 3.63) is 21.3 Å². The molecule has 1 aromatic heterocycles. The van der Waals surface area contributed by atoms with E-state index in [1.54, 1.807) is 0 Å². The molecule has 1 aromatic rings. The molecule has 96 valence electrons. The number of hydrogen-bond donors (Lipinski definition) is 1. The van der Waals surface area contributed by atoms with Gasteiger partial charge in [-0.3, -0.25) is 0 Å². The third kappa shape index (κ3) is 3.18. The summed E-state index contributed by atoms with van der Waals surface area (Å²) >= 11 is 7.45. The van der Waals surface area contributed by atoms with Crippen LogP contribution < -0.4 is 5.32 Å². The highest BCUT2D eigenvalue weighted by Gasteiger charge is 2.37. The van der Waals surface area contributed by atoms with Gasteiger partial charge in [0.15, 0.2) is 0 Å². The fourth-order valence-electron chi connectivity index (χ4n) is 2.50. The van der Waals surface area contributed by atoms with Crippen molar-refractivity contribution in [1.82, 2.24) is 5.32 Å². The van der Waals surface area contributed by atoms with Gasteiger partial charge in [-0.05, 0) is 37.9 Å². The SMILES string of the molecule is CNC(c1ccc(Cl)s1)C1CCC(F)(F)CC1. The molecule has 1 nitrogen and oxygen atoms in total. The number of rotatable bonds is 3. The summed E-state index contributed by atoms with van der Waals surface area (Å²) in [5.41, 5.74) is 0. The molecule has 0 saturated heterocycles. The van der Waals surface area contributed by atoms with Crippen LogP contribution in [0.2, 0.25) is 4.34 Å². The smallest absolute Gasteiger partial charge is 0.248 e. The molecule has 1 unspecified atom stereocenters. The van der Waals surface area contributed by atoms with Gasteiger partial charge in [0.25, 0.3) is 0 Å². The quantitative estimate of drug-likeness (QED) is 0.860. The minimum absolute atomic E-state index is 0.00888. The molecule has 1 atom stereocenters. The molecule has 2 rings (SSSR count). The average Bonchev–Trinajstić information content (AvgIpc) is 2.68. The number of thiophene rings is 1. The van der Waals surface area contributed by atoms with Crippen LogP contribution in [0, 0.1) is 5.92 Å². The zero-order valence-corrected chi connectivity index (χ0v) is 11.3. The maximum absolute atomic E-state index is 13.1. The Morgan fingerprint density at radius 1 is 1.41 bits per heavy atom. The Morgan fingerprint density at radius 3 is 2.53 bits per heavy atom. The number of nitrogens with one attached hydrogen (secondary N) is 1. The number of alkyl halides is 2. The van der Waals surface area contributed by atoms with Crippen LogP contribution in [-0.2, 0) is 0 Å². The molecular formula is C12H16ClF2NS. The van der Waals surface area contributed by atoms with Crippen molar-refractivity contribution >= 4 is 22.9 Å². The number of hydrogen-bond acceptors (Lipinski definition) is 2. The van der Waals surface area contributed by atoms with Gasteiger partial charge in [-0.15, -0.1) is 11.3 Å². The molecular weight excluding hydrogens is 264 g/mol. The van der Waals surface area contributed by atoms with E-state index in [9.17, 15) is 8.78 Å². The molecule has 1 N–H and O–H groups in total. The minimum atomic E-state index is -2.46. The molecule has 0 spiro atoms. The van der Waals surface area contributed by atoms with Gasteiger partial charge in [-0.1, -0.05) is 11.6 Å². The van der Waals surface area contributed by atoms with Gasteiger partial charge >= 0.3 is 0 Å². The van der Waals surface area contributed by atoms with E-state index in [4.69, 9.17) is 11.6 Å². The van der Waals surface area contributed by atoms with Crippen molar-refractivity contribution in [3.8, 4) is 0 Å². The summed E-state index contributed by atoms with van der Waals surface area (Å²) in [6, 6.07) is 4.01. The van der Waals surface area contributed by atoms with E-state index in [-0.39, 0.29) is 24.8 Å². The second-order valence-electron chi connectivity index (χ2n) is 4.60. The Morgan fingerprint density at radius 2 is 2.06 bits per heavy atom. The maximum Gasteiger partial charge on any atom is 0.248 e. The Labute approximate surface area is 109 Å². The maximum atomic E-state index is 13.1. The standard InChI is InChI=1S/C12H16ClF2NS/c1-16-11(9-2-3-10(13)17-9)8-4-6-12(14,15)7-5-8/h2-3,8,11,16H,4-7H2,1H3. The van der Waals surface area contributed by atoms with Gasteiger partial charge in [0.05, 0.1) is 4.34 Å². The first-order valence-corrected chi connectivity index (χ1v) is 7.01. The minimum Gasteiger partial charge on any atom is -0.312 e. The highest BCUT2D eigenvalue weighted by Crippen LogP contribution is 2.42. The van der Waals surface area contributed by atoms with Crippen LogP contribution in [-0.4, -0.2) is 13.0 Å². The molecule has 1 saturated carbocycles. The lowest BCUT2D eigenvalue weighted by Crippen LogP contribution is -2.32. The third-order valence-corrected chi connectivity index (χ3v) is 4.76. The molecule has 1 aliphatic carbocycles. The van der Waals surface area contributed by atoms with Crippen LogP contribution >= 0.6 is 22.9 Å². The fourth-order valence-corrected chi connectivity index (χ4v) is 3.77. The first-order valence-electron chi connectivity index (χ1n) is 5.82. The van der Waals surface area contributed by atoms with Gasteiger partial charge in [-0.25, -0.2) is 8.78 Å². The van der Waals surface area contributed by atoms with Gasteiger partial charge < -0.3 is 5.32 Å². The summed E-state index contributed by atoms with van der Waals surface area (Å²) in [7, 11) is 1.88. The first-order chi connectivity index (χ1) is 8.02. The Kier molecular flexibility index (Phi) is 4.06. The van der Waals surface area contributed by atoms with Crippen LogP contribution in [0.5, 0.6) is 0 Å². The molecule has 1 heterocycles. The number of halogens is 3. The molecule has 0 aromatic carbocycles. The van der Waals surface area contributed by atoms with Crippen LogP contribution in [0.25, 0.3) is 0 Å². The highest BCUT2D eigenvalue weighted by atomic mass is 35.5. The van der Waals surface area contributed by atoms with E-state index < -0.39 is 5.92 Å². The van der Waals surface area contributed by atoms with E-state index in [0.29, 0.717) is 12.8 Å². The Bertz CT molecular complexity index is 370. The largest absolute Gasteiger partial charge is 0.312 e. The van der Waals surface area contributed by atoms with Crippen LogP contribution in [0.1, 0.15) is 36.6 Å². The van der Waals surface area contributed by atoms with E-state index in [2.05, 4.69) is 5.32 Å². The van der Waals surface area contributed by atoms with Crippen LogP contribution in [0.4, 0.5) is 8.78 Å². The van der Waals surface area contributed by atoms with Gasteiger partial charge in [-0.2, -0.15) is 0 Å². The van der Waals surface area contributed by atoms with Gasteiger partial charge in [0, 0.05) is 23.8 Å². The molecule has 0 bridgehead atoms. The lowest BCUT2D eigenvalue weighted by molar-refractivity contribution is -0.0493. The van der Waals surface area contributed by atoms with Crippen molar-refractivity contribution in [3.63, 3.8) is 0 Å². The van der Waals surface area contributed by atoms with Crippen molar-refractivity contribution in [2.24, 2.45) is 5.92 Å². The first kappa shape index (κ1) is 13.2. The predicted octanol–water partition coefficient (Wildman–Crippen LogP) is 4.49. The van der Waals surface area contributed by atoms with E-state index >= 15 is 0 Å². The summed E-state index contributed by atoms with van der Waals surface area (Å²) in [6.45, 7) is 0. The zero-order chi connectivity index (χ0) is 12.5. The monoisotopic (exact) mass is 279 g/mol. The van der Waals surface area contributed by atoms with E-state index in [1.165, 1.54) is 11.3 Å². The molecule has 1 aliphatic rings. The molecule has 0 radical (unpaired) electrons. The predicted molar refractivity (Wildman–Crippen MR) is 68.0 cm³/mol. The Balaban J connectivity index is 2.05. The highest BCUT2D eigenvalue weighted by molar-refractivity contribution is 7.16. The summed E-state index contributed by atoms with van der Waals surface area (Å²) in [5.74, 6) is -2.17. The van der Waals surface area contributed by atoms with Crippen molar-refractivity contribution < 1.29 is 8.78 Å². The summed E-state index contributed by atoms with van der Waals surface area (Å²) in [6.07, 6.45) is 1.17. The normalized spacial score (nSPS) is 22.6. The van der Waals surface area contributed by atoms with Crippen molar-refractivity contribution in [1.29, 1.82) is 0 Å². The fraction of sp³-hybridized carbons (Fsp3) is 0.667. The summed E-state index contributed by atoms with van der Waals surface area (Å²) in [5, 5.41) is 3.24. The van der Waals surface area contributed by atoms with Gasteiger partial charge in [0.2, 0.25) is 5.92 Å². The lowest BCUT2D eigenvalue weighted by atomic mass is 9.81. The third-order valence-electron chi connectivity index (χ3n) is 3.44. The summed E-state index contributed by atoms with van der Waals surface area (Å²) < 4.78 is 27.0. The van der Waals surface area contributed by atoms with Crippen molar-refractivity contribution in [2.75, 3.05) is 7.05 Å². The second-order valence-corrected chi connectivity index (χ2v) is 6.35. The molecule has 17 heavy (non-hydrogen) atoms. The van der Waals surface area contributed by atoms with E-state index in [0.717, 1.165) is 9.21 Å². The molecule has 5 heteroatoms. The second kappa shape index (κ2) is 5.21. The van der Waals surface area contributed by atoms with Crippen molar-refractivity contribution in [2.45, 2.75) is 37.6 Å². The molecule has 0 aliphatic heterocycles. The summed E-state index contributed by atoms with van der Waals surface area (Å²) in [4.78, 5) is 1.15. The van der Waals surface area contributed by atoms with Crippen LogP contribution in [0.3, 0.4) is 0 Å². The van der Waals surface area contributed by atoms with Crippen LogP contribution in [0.15, 0.2) is 12.1 Å². The average molecular weight is 280 g/mol.